The first-order valence-electron chi connectivity index (χ1n) is 7.93. The van der Waals surface area contributed by atoms with Gasteiger partial charge < -0.3 is 14.2 Å². The van der Waals surface area contributed by atoms with Crippen molar-refractivity contribution >= 4 is 17.7 Å². The Labute approximate surface area is 132 Å². The lowest BCUT2D eigenvalue weighted by Gasteiger charge is -2.31. The Morgan fingerprint density at radius 2 is 1.90 bits per heavy atom. The van der Waals surface area contributed by atoms with Crippen LogP contribution in [-0.4, -0.2) is 43.5 Å². The van der Waals surface area contributed by atoms with Gasteiger partial charge in [0.15, 0.2) is 0 Å². The van der Waals surface area contributed by atoms with Crippen LogP contribution < -0.4 is 4.84 Å². The van der Waals surface area contributed by atoms with Crippen molar-refractivity contribution in [1.82, 2.24) is 4.84 Å². The van der Waals surface area contributed by atoms with Gasteiger partial charge in [-0.1, -0.05) is 13.8 Å². The fraction of sp³-hybridized carbons (Fsp3) is 0.933. The standard InChI is InChI=1S/C15H28ClNO4/c1-4-9-19-13-8-6-7-12(17-16)15(18)21-11(3)14(13)20-10-5-2/h11-14,17H,4-10H2,1-3H3/t11-,12-,13-,14-/m0/s1. The van der Waals surface area contributed by atoms with Crippen LogP contribution in [0.15, 0.2) is 0 Å². The highest BCUT2D eigenvalue weighted by Gasteiger charge is 2.34. The third-order valence-corrected chi connectivity index (χ3v) is 3.84. The van der Waals surface area contributed by atoms with Gasteiger partial charge in [0.25, 0.3) is 0 Å². The molecular weight excluding hydrogens is 294 g/mol. The summed E-state index contributed by atoms with van der Waals surface area (Å²) in [7, 11) is 0. The first-order chi connectivity index (χ1) is 10.1. The molecule has 1 aliphatic rings. The molecule has 1 fully saturated rings. The Morgan fingerprint density at radius 3 is 2.52 bits per heavy atom. The van der Waals surface area contributed by atoms with Crippen LogP contribution in [0, 0.1) is 0 Å². The van der Waals surface area contributed by atoms with Gasteiger partial charge in [0.1, 0.15) is 18.2 Å². The van der Waals surface area contributed by atoms with Crippen molar-refractivity contribution in [2.45, 2.75) is 77.2 Å². The highest BCUT2D eigenvalue weighted by Crippen LogP contribution is 2.22. The van der Waals surface area contributed by atoms with E-state index in [1.807, 2.05) is 6.92 Å². The Morgan fingerprint density at radius 1 is 1.24 bits per heavy atom. The maximum absolute atomic E-state index is 12.0. The zero-order valence-corrected chi connectivity index (χ0v) is 14.0. The van der Waals surface area contributed by atoms with Crippen LogP contribution in [0.25, 0.3) is 0 Å². The molecule has 0 spiro atoms. The molecule has 0 aromatic carbocycles. The average molecular weight is 322 g/mol. The number of hydrogen-bond donors (Lipinski definition) is 1. The fourth-order valence-corrected chi connectivity index (χ4v) is 2.68. The van der Waals surface area contributed by atoms with E-state index < -0.39 is 6.04 Å². The molecule has 4 atom stereocenters. The van der Waals surface area contributed by atoms with Crippen molar-refractivity contribution in [3.63, 3.8) is 0 Å². The van der Waals surface area contributed by atoms with E-state index >= 15 is 0 Å². The quantitative estimate of drug-likeness (QED) is 0.577. The summed E-state index contributed by atoms with van der Waals surface area (Å²) in [4.78, 5) is 14.5. The molecule has 0 bridgehead atoms. The molecule has 1 aliphatic heterocycles. The van der Waals surface area contributed by atoms with Gasteiger partial charge in [-0.2, -0.15) is 0 Å². The van der Waals surface area contributed by atoms with Gasteiger partial charge in [0.2, 0.25) is 0 Å². The van der Waals surface area contributed by atoms with Crippen LogP contribution >= 0.6 is 11.8 Å². The van der Waals surface area contributed by atoms with E-state index in [2.05, 4.69) is 18.7 Å². The molecular formula is C15H28ClNO4. The molecule has 0 saturated carbocycles. The summed E-state index contributed by atoms with van der Waals surface area (Å²) in [5, 5.41) is 0. The average Bonchev–Trinajstić information content (AvgIpc) is 2.52. The molecule has 1 rings (SSSR count). The zero-order chi connectivity index (χ0) is 15.7. The van der Waals surface area contributed by atoms with E-state index in [0.29, 0.717) is 19.6 Å². The number of ether oxygens (including phenoxy) is 3. The number of hydrogen-bond acceptors (Lipinski definition) is 5. The van der Waals surface area contributed by atoms with Crippen LogP contribution in [0.2, 0.25) is 0 Å². The van der Waals surface area contributed by atoms with Gasteiger partial charge in [-0.3, -0.25) is 4.79 Å². The molecule has 1 N–H and O–H groups in total. The van der Waals surface area contributed by atoms with Crippen LogP contribution in [-0.2, 0) is 19.0 Å². The molecule has 5 nitrogen and oxygen atoms in total. The summed E-state index contributed by atoms with van der Waals surface area (Å²) in [6, 6.07) is -0.467. The van der Waals surface area contributed by atoms with Gasteiger partial charge >= 0.3 is 5.97 Å². The molecule has 1 saturated heterocycles. The van der Waals surface area contributed by atoms with Gasteiger partial charge in [-0.25, -0.2) is 4.84 Å². The molecule has 1 heterocycles. The van der Waals surface area contributed by atoms with E-state index in [4.69, 9.17) is 26.0 Å². The molecule has 0 radical (unpaired) electrons. The number of carbonyl (C=O) groups excluding carboxylic acids is 1. The predicted octanol–water partition coefficient (Wildman–Crippen LogP) is 2.80. The molecule has 21 heavy (non-hydrogen) atoms. The summed E-state index contributed by atoms with van der Waals surface area (Å²) in [5.41, 5.74) is 0. The van der Waals surface area contributed by atoms with Crippen molar-refractivity contribution in [1.29, 1.82) is 0 Å². The second-order valence-corrected chi connectivity index (χ2v) is 5.70. The van der Waals surface area contributed by atoms with E-state index in [1.54, 1.807) is 0 Å². The Balaban J connectivity index is 2.79. The Bertz CT molecular complexity index is 303. The first kappa shape index (κ1) is 18.7. The van der Waals surface area contributed by atoms with Gasteiger partial charge in [-0.05, 0) is 50.8 Å². The smallest absolute Gasteiger partial charge is 0.324 e. The van der Waals surface area contributed by atoms with Crippen molar-refractivity contribution in [2.75, 3.05) is 13.2 Å². The normalized spacial score (nSPS) is 31.1. The van der Waals surface area contributed by atoms with E-state index in [-0.39, 0.29) is 24.3 Å². The minimum atomic E-state index is -0.467. The summed E-state index contributed by atoms with van der Waals surface area (Å²) in [5.74, 6) is -0.321. The Kier molecular flexibility index (Phi) is 9.24. The number of carbonyl (C=O) groups is 1. The summed E-state index contributed by atoms with van der Waals surface area (Å²) < 4.78 is 17.3. The zero-order valence-electron chi connectivity index (χ0n) is 13.3. The molecule has 0 aromatic heterocycles. The van der Waals surface area contributed by atoms with Crippen molar-refractivity contribution in [3.05, 3.63) is 0 Å². The molecule has 0 aliphatic carbocycles. The van der Waals surface area contributed by atoms with Crippen LogP contribution in [0.3, 0.4) is 0 Å². The third kappa shape index (κ3) is 6.10. The fourth-order valence-electron chi connectivity index (χ4n) is 2.48. The molecule has 0 amide bonds. The van der Waals surface area contributed by atoms with Crippen LogP contribution in [0.5, 0.6) is 0 Å². The number of cyclic esters (lactones) is 1. The largest absolute Gasteiger partial charge is 0.459 e. The minimum Gasteiger partial charge on any atom is -0.459 e. The molecule has 124 valence electrons. The van der Waals surface area contributed by atoms with Crippen molar-refractivity contribution in [3.8, 4) is 0 Å². The molecule has 0 aromatic rings. The third-order valence-electron chi connectivity index (χ3n) is 3.58. The lowest BCUT2D eigenvalue weighted by atomic mass is 10.0. The van der Waals surface area contributed by atoms with Gasteiger partial charge in [0, 0.05) is 13.2 Å². The number of esters is 1. The van der Waals surface area contributed by atoms with E-state index in [1.165, 1.54) is 0 Å². The number of rotatable bonds is 7. The summed E-state index contributed by atoms with van der Waals surface area (Å²) in [6.07, 6.45) is 3.57. The first-order valence-corrected chi connectivity index (χ1v) is 8.31. The van der Waals surface area contributed by atoms with Gasteiger partial charge in [0.05, 0.1) is 6.10 Å². The topological polar surface area (TPSA) is 56.8 Å². The monoisotopic (exact) mass is 321 g/mol. The number of halogens is 1. The second-order valence-electron chi connectivity index (χ2n) is 5.48. The summed E-state index contributed by atoms with van der Waals surface area (Å²) >= 11 is 5.63. The lowest BCUT2D eigenvalue weighted by Crippen LogP contribution is -2.43. The van der Waals surface area contributed by atoms with Crippen molar-refractivity contribution in [2.24, 2.45) is 0 Å². The molecule has 0 unspecified atom stereocenters. The predicted molar refractivity (Wildman–Crippen MR) is 82.2 cm³/mol. The summed E-state index contributed by atoms with van der Waals surface area (Å²) in [6.45, 7) is 7.32. The van der Waals surface area contributed by atoms with Gasteiger partial charge in [-0.15, -0.1) is 0 Å². The maximum Gasteiger partial charge on any atom is 0.324 e. The van der Waals surface area contributed by atoms with Crippen LogP contribution in [0.4, 0.5) is 0 Å². The highest BCUT2D eigenvalue weighted by molar-refractivity contribution is 6.14. The highest BCUT2D eigenvalue weighted by atomic mass is 35.5. The SMILES string of the molecule is CCCO[C@H]1[C@H](C)OC(=O)[C@@H](NCl)CCC[C@@H]1OCCC. The van der Waals surface area contributed by atoms with E-state index in [0.717, 1.165) is 25.7 Å². The minimum absolute atomic E-state index is 0.0478. The number of nitrogens with one attached hydrogen (secondary N) is 1. The van der Waals surface area contributed by atoms with Crippen LogP contribution in [0.1, 0.15) is 52.9 Å². The lowest BCUT2D eigenvalue weighted by molar-refractivity contribution is -0.167. The molecule has 6 heteroatoms. The second kappa shape index (κ2) is 10.4. The maximum atomic E-state index is 12.0. The van der Waals surface area contributed by atoms with E-state index in [9.17, 15) is 4.79 Å². The van der Waals surface area contributed by atoms with Crippen molar-refractivity contribution < 1.29 is 19.0 Å². The Hall–Kier alpha value is -0.360.